The van der Waals surface area contributed by atoms with E-state index in [9.17, 15) is 4.79 Å². The van der Waals surface area contributed by atoms with Crippen LogP contribution in [0.2, 0.25) is 5.02 Å². The van der Waals surface area contributed by atoms with Crippen LogP contribution in [0.5, 0.6) is 0 Å². The van der Waals surface area contributed by atoms with Gasteiger partial charge in [-0.05, 0) is 50.1 Å². The van der Waals surface area contributed by atoms with E-state index >= 15 is 0 Å². The maximum absolute atomic E-state index is 12.5. The number of halogens is 1. The molecule has 0 unspecified atom stereocenters. The Morgan fingerprint density at radius 3 is 3.12 bits per heavy atom. The summed E-state index contributed by atoms with van der Waals surface area (Å²) in [5.41, 5.74) is 1.79. The maximum atomic E-state index is 12.5. The van der Waals surface area contributed by atoms with Crippen molar-refractivity contribution in [3.63, 3.8) is 0 Å². The van der Waals surface area contributed by atoms with Crippen molar-refractivity contribution in [3.8, 4) is 0 Å². The summed E-state index contributed by atoms with van der Waals surface area (Å²) in [6.45, 7) is 3.85. The molecule has 1 fully saturated rings. The van der Waals surface area contributed by atoms with Crippen LogP contribution in [0.3, 0.4) is 0 Å². The summed E-state index contributed by atoms with van der Waals surface area (Å²) < 4.78 is 5.50. The molecule has 0 spiro atoms. The first-order valence-electron chi connectivity index (χ1n) is 8.82. The number of amides is 1. The average molecular weight is 373 g/mol. The van der Waals surface area contributed by atoms with Crippen molar-refractivity contribution in [2.24, 2.45) is 5.92 Å². The molecule has 4 rings (SSSR count). The molecule has 2 aromatic heterocycles. The SMILES string of the molecule is Cc1ccc(CNC(=O)[C@@H]2CCCN(c3nc4ccc(Cl)cc4[nH]3)C2)o1. The van der Waals surface area contributed by atoms with Gasteiger partial charge >= 0.3 is 0 Å². The number of hydrogen-bond donors (Lipinski definition) is 2. The van der Waals surface area contributed by atoms with Gasteiger partial charge in [-0.3, -0.25) is 4.79 Å². The summed E-state index contributed by atoms with van der Waals surface area (Å²) in [7, 11) is 0. The van der Waals surface area contributed by atoms with E-state index in [-0.39, 0.29) is 11.8 Å². The monoisotopic (exact) mass is 372 g/mol. The molecule has 1 aliphatic rings. The molecule has 2 N–H and O–H groups in total. The van der Waals surface area contributed by atoms with Gasteiger partial charge in [-0.25, -0.2) is 4.98 Å². The van der Waals surface area contributed by atoms with Gasteiger partial charge in [0.2, 0.25) is 11.9 Å². The molecule has 7 heteroatoms. The summed E-state index contributed by atoms with van der Waals surface area (Å²) in [5.74, 6) is 2.42. The minimum absolute atomic E-state index is 0.0582. The van der Waals surface area contributed by atoms with Gasteiger partial charge in [0, 0.05) is 18.1 Å². The number of piperidine rings is 1. The van der Waals surface area contributed by atoms with Gasteiger partial charge in [-0.2, -0.15) is 0 Å². The van der Waals surface area contributed by atoms with E-state index in [2.05, 4.69) is 20.2 Å². The summed E-state index contributed by atoms with van der Waals surface area (Å²) >= 11 is 6.04. The quantitative estimate of drug-likeness (QED) is 0.733. The molecule has 3 aromatic rings. The number of benzene rings is 1. The summed E-state index contributed by atoms with van der Waals surface area (Å²) in [5, 5.41) is 3.66. The number of nitrogens with one attached hydrogen (secondary N) is 2. The van der Waals surface area contributed by atoms with Crippen LogP contribution in [0, 0.1) is 12.8 Å². The second-order valence-corrected chi connectivity index (χ2v) is 7.17. The topological polar surface area (TPSA) is 74.2 Å². The number of hydrogen-bond acceptors (Lipinski definition) is 4. The first-order valence-corrected chi connectivity index (χ1v) is 9.19. The second kappa shape index (κ2) is 7.03. The average Bonchev–Trinajstić information content (AvgIpc) is 3.25. The molecule has 1 amide bonds. The Hall–Kier alpha value is -2.47. The van der Waals surface area contributed by atoms with Crippen LogP contribution in [0.4, 0.5) is 5.95 Å². The molecule has 1 saturated heterocycles. The number of fused-ring (bicyclic) bond motifs is 1. The fraction of sp³-hybridized carbons (Fsp3) is 0.368. The highest BCUT2D eigenvalue weighted by molar-refractivity contribution is 6.31. The number of carbonyl (C=O) groups excluding carboxylic acids is 1. The van der Waals surface area contributed by atoms with Gasteiger partial charge in [0.1, 0.15) is 11.5 Å². The highest BCUT2D eigenvalue weighted by Crippen LogP contribution is 2.25. The first kappa shape index (κ1) is 17.0. The number of imidazole rings is 1. The number of carbonyl (C=O) groups is 1. The number of H-pyrrole nitrogens is 1. The lowest BCUT2D eigenvalue weighted by molar-refractivity contribution is -0.125. The molecular formula is C19H21ClN4O2. The van der Waals surface area contributed by atoms with Crippen molar-refractivity contribution in [1.29, 1.82) is 0 Å². The third kappa shape index (κ3) is 3.55. The third-order valence-corrected chi connectivity index (χ3v) is 4.99. The Bertz CT molecular complexity index is 933. The van der Waals surface area contributed by atoms with Crippen LogP contribution in [-0.2, 0) is 11.3 Å². The van der Waals surface area contributed by atoms with Crippen LogP contribution in [0.1, 0.15) is 24.4 Å². The summed E-state index contributed by atoms with van der Waals surface area (Å²) in [6, 6.07) is 9.39. The minimum atomic E-state index is -0.0587. The molecule has 0 radical (unpaired) electrons. The molecule has 136 valence electrons. The van der Waals surface area contributed by atoms with Gasteiger partial charge < -0.3 is 19.6 Å². The highest BCUT2D eigenvalue weighted by atomic mass is 35.5. The van der Waals surface area contributed by atoms with Gasteiger partial charge in [-0.15, -0.1) is 0 Å². The van der Waals surface area contributed by atoms with Crippen molar-refractivity contribution >= 4 is 34.5 Å². The van der Waals surface area contributed by atoms with E-state index in [0.29, 0.717) is 18.1 Å². The molecule has 1 atom stereocenters. The van der Waals surface area contributed by atoms with Crippen LogP contribution >= 0.6 is 11.6 Å². The van der Waals surface area contributed by atoms with Gasteiger partial charge in [0.25, 0.3) is 0 Å². The smallest absolute Gasteiger partial charge is 0.225 e. The van der Waals surface area contributed by atoms with E-state index < -0.39 is 0 Å². The Labute approximate surface area is 156 Å². The normalized spacial score (nSPS) is 17.6. The number of rotatable bonds is 4. The van der Waals surface area contributed by atoms with Gasteiger partial charge in [0.05, 0.1) is 23.5 Å². The zero-order chi connectivity index (χ0) is 18.1. The number of anilines is 1. The Balaban J connectivity index is 1.41. The molecule has 6 nitrogen and oxygen atoms in total. The van der Waals surface area contributed by atoms with Gasteiger partial charge in [-0.1, -0.05) is 11.6 Å². The maximum Gasteiger partial charge on any atom is 0.225 e. The Morgan fingerprint density at radius 1 is 1.42 bits per heavy atom. The molecule has 1 aromatic carbocycles. The largest absolute Gasteiger partial charge is 0.465 e. The third-order valence-electron chi connectivity index (χ3n) is 4.76. The minimum Gasteiger partial charge on any atom is -0.465 e. The summed E-state index contributed by atoms with van der Waals surface area (Å²) in [6.07, 6.45) is 1.83. The lowest BCUT2D eigenvalue weighted by Crippen LogP contribution is -2.43. The van der Waals surface area contributed by atoms with E-state index in [4.69, 9.17) is 16.0 Å². The van der Waals surface area contributed by atoms with Crippen LogP contribution in [0.15, 0.2) is 34.7 Å². The predicted molar refractivity (Wildman–Crippen MR) is 101 cm³/mol. The Kier molecular flexibility index (Phi) is 4.59. The van der Waals surface area contributed by atoms with Crippen molar-refractivity contribution < 1.29 is 9.21 Å². The zero-order valence-electron chi connectivity index (χ0n) is 14.6. The first-order chi connectivity index (χ1) is 12.6. The number of aromatic amines is 1. The number of aromatic nitrogens is 2. The standard InChI is InChI=1S/C19H21ClN4O2/c1-12-4-6-15(26-12)10-21-18(25)13-3-2-8-24(11-13)19-22-16-7-5-14(20)9-17(16)23-19/h4-7,9,13H,2-3,8,10-11H2,1H3,(H,21,25)(H,22,23)/t13-/m1/s1. The van der Waals surface area contributed by atoms with Crippen molar-refractivity contribution in [2.45, 2.75) is 26.3 Å². The summed E-state index contributed by atoms with van der Waals surface area (Å²) in [4.78, 5) is 22.6. The van der Waals surface area contributed by atoms with Crippen LogP contribution in [0.25, 0.3) is 11.0 Å². The zero-order valence-corrected chi connectivity index (χ0v) is 15.3. The lowest BCUT2D eigenvalue weighted by Gasteiger charge is -2.31. The lowest BCUT2D eigenvalue weighted by atomic mass is 9.97. The molecule has 0 bridgehead atoms. The van der Waals surface area contributed by atoms with Gasteiger partial charge in [0.15, 0.2) is 0 Å². The number of nitrogens with zero attached hydrogens (tertiary/aromatic N) is 2. The fourth-order valence-corrected chi connectivity index (χ4v) is 3.57. The molecule has 0 saturated carbocycles. The molecule has 26 heavy (non-hydrogen) atoms. The van der Waals surface area contributed by atoms with E-state index in [1.54, 1.807) is 0 Å². The Morgan fingerprint density at radius 2 is 2.31 bits per heavy atom. The van der Waals surface area contributed by atoms with E-state index in [1.165, 1.54) is 0 Å². The highest BCUT2D eigenvalue weighted by Gasteiger charge is 2.27. The van der Waals surface area contributed by atoms with Crippen molar-refractivity contribution in [2.75, 3.05) is 18.0 Å². The van der Waals surface area contributed by atoms with Crippen molar-refractivity contribution in [1.82, 2.24) is 15.3 Å². The molecule has 0 aliphatic carbocycles. The van der Waals surface area contributed by atoms with Crippen LogP contribution in [-0.4, -0.2) is 29.0 Å². The fourth-order valence-electron chi connectivity index (χ4n) is 3.40. The molecular weight excluding hydrogens is 352 g/mol. The second-order valence-electron chi connectivity index (χ2n) is 6.74. The molecule has 1 aliphatic heterocycles. The number of aryl methyl sites for hydroxylation is 1. The van der Waals surface area contributed by atoms with Crippen LogP contribution < -0.4 is 10.2 Å². The number of furan rings is 1. The van der Waals surface area contributed by atoms with Crippen molar-refractivity contribution in [3.05, 3.63) is 46.9 Å². The van der Waals surface area contributed by atoms with E-state index in [1.807, 2.05) is 37.3 Å². The molecule has 3 heterocycles. The van der Waals surface area contributed by atoms with E-state index in [0.717, 1.165) is 47.9 Å². The predicted octanol–water partition coefficient (Wildman–Crippen LogP) is 3.65.